The summed E-state index contributed by atoms with van der Waals surface area (Å²) in [4.78, 5) is 21.9. The number of urea groups is 1. The number of carbonyl (C=O) groups is 2. The fourth-order valence-electron chi connectivity index (χ4n) is 1.83. The Balaban J connectivity index is 2.09. The molecule has 0 aliphatic rings. The molecule has 1 aromatic rings. The highest BCUT2D eigenvalue weighted by molar-refractivity contribution is 5.74. The molecule has 3 N–H and O–H groups in total. The Morgan fingerprint density at radius 2 is 1.95 bits per heavy atom. The summed E-state index contributed by atoms with van der Waals surface area (Å²) in [5, 5.41) is 14.0. The summed E-state index contributed by atoms with van der Waals surface area (Å²) in [6.45, 7) is 2.40. The van der Waals surface area contributed by atoms with Crippen LogP contribution < -0.4 is 10.6 Å². The van der Waals surface area contributed by atoms with Crippen LogP contribution in [0, 0.1) is 0 Å². The highest BCUT2D eigenvalue weighted by Crippen LogP contribution is 2.01. The van der Waals surface area contributed by atoms with E-state index in [0.717, 1.165) is 12.8 Å². The fraction of sp³-hybridized carbons (Fsp3) is 0.467. The molecule has 5 heteroatoms. The second-order valence-electron chi connectivity index (χ2n) is 4.82. The van der Waals surface area contributed by atoms with E-state index in [1.54, 1.807) is 6.92 Å². The molecule has 1 unspecified atom stereocenters. The quantitative estimate of drug-likeness (QED) is 0.638. The predicted octanol–water partition coefficient (Wildman–Crippen LogP) is 2.17. The van der Waals surface area contributed by atoms with E-state index in [0.29, 0.717) is 13.0 Å². The van der Waals surface area contributed by atoms with Crippen molar-refractivity contribution in [2.24, 2.45) is 0 Å². The van der Waals surface area contributed by atoms with Crippen molar-refractivity contribution in [3.63, 3.8) is 0 Å². The minimum atomic E-state index is -0.845. The summed E-state index contributed by atoms with van der Waals surface area (Å²) < 4.78 is 0. The SMILES string of the molecule is CC(CCC(=O)O)NC(=O)NCCCc1ccccc1. The van der Waals surface area contributed by atoms with Crippen LogP contribution in [0.5, 0.6) is 0 Å². The molecule has 0 bridgehead atoms. The molecule has 0 spiro atoms. The maximum atomic E-state index is 11.5. The van der Waals surface area contributed by atoms with Gasteiger partial charge in [0.1, 0.15) is 0 Å². The molecule has 1 rings (SSSR count). The lowest BCUT2D eigenvalue weighted by atomic mass is 10.1. The third-order valence-corrected chi connectivity index (χ3v) is 2.94. The van der Waals surface area contributed by atoms with Crippen molar-refractivity contribution in [3.8, 4) is 0 Å². The molecule has 0 aliphatic heterocycles. The minimum absolute atomic E-state index is 0.0649. The van der Waals surface area contributed by atoms with E-state index in [1.165, 1.54) is 5.56 Å². The maximum Gasteiger partial charge on any atom is 0.314 e. The Bertz CT molecular complexity index is 420. The third-order valence-electron chi connectivity index (χ3n) is 2.94. The van der Waals surface area contributed by atoms with Gasteiger partial charge in [0, 0.05) is 19.0 Å². The van der Waals surface area contributed by atoms with E-state index in [2.05, 4.69) is 22.8 Å². The standard InChI is InChI=1S/C15H22N2O3/c1-12(9-10-14(18)19)17-15(20)16-11-5-8-13-6-3-2-4-7-13/h2-4,6-7,12H,5,8-11H2,1H3,(H,18,19)(H2,16,17,20). The molecule has 0 heterocycles. The molecule has 0 radical (unpaired) electrons. The molecule has 0 aromatic heterocycles. The lowest BCUT2D eigenvalue weighted by molar-refractivity contribution is -0.137. The van der Waals surface area contributed by atoms with Gasteiger partial charge >= 0.3 is 12.0 Å². The zero-order valence-corrected chi connectivity index (χ0v) is 11.8. The molecule has 0 fully saturated rings. The van der Waals surface area contributed by atoms with Crippen LogP contribution >= 0.6 is 0 Å². The van der Waals surface area contributed by atoms with Gasteiger partial charge < -0.3 is 15.7 Å². The molecule has 5 nitrogen and oxygen atoms in total. The van der Waals surface area contributed by atoms with Gasteiger partial charge in [-0.05, 0) is 31.7 Å². The summed E-state index contributed by atoms with van der Waals surface area (Å²) in [6.07, 6.45) is 2.30. The zero-order valence-electron chi connectivity index (χ0n) is 11.8. The monoisotopic (exact) mass is 278 g/mol. The van der Waals surface area contributed by atoms with Gasteiger partial charge in [0.05, 0.1) is 0 Å². The number of hydrogen-bond donors (Lipinski definition) is 3. The Kier molecular flexibility index (Phi) is 7.17. The van der Waals surface area contributed by atoms with E-state index in [-0.39, 0.29) is 18.5 Å². The zero-order chi connectivity index (χ0) is 14.8. The van der Waals surface area contributed by atoms with Gasteiger partial charge in [-0.3, -0.25) is 4.79 Å². The van der Waals surface area contributed by atoms with Gasteiger partial charge in [-0.25, -0.2) is 4.79 Å². The van der Waals surface area contributed by atoms with Crippen molar-refractivity contribution in [2.75, 3.05) is 6.54 Å². The third kappa shape index (κ3) is 7.41. The molecule has 20 heavy (non-hydrogen) atoms. The number of nitrogens with one attached hydrogen (secondary N) is 2. The van der Waals surface area contributed by atoms with Crippen LogP contribution in [0.1, 0.15) is 31.7 Å². The molecule has 1 atom stereocenters. The average Bonchev–Trinajstić information content (AvgIpc) is 2.42. The first kappa shape index (κ1) is 16.0. The molecule has 0 aliphatic carbocycles. The summed E-state index contributed by atoms with van der Waals surface area (Å²) in [5.74, 6) is -0.845. The largest absolute Gasteiger partial charge is 0.481 e. The van der Waals surface area contributed by atoms with E-state index in [1.807, 2.05) is 18.2 Å². The van der Waals surface area contributed by atoms with Crippen molar-refractivity contribution in [2.45, 2.75) is 38.6 Å². The molecule has 0 saturated heterocycles. The van der Waals surface area contributed by atoms with Crippen LogP contribution in [0.3, 0.4) is 0 Å². The molecule has 110 valence electrons. The molecule has 0 saturated carbocycles. The lowest BCUT2D eigenvalue weighted by Crippen LogP contribution is -2.41. The molecular formula is C15H22N2O3. The summed E-state index contributed by atoms with van der Waals surface area (Å²) in [6, 6.07) is 9.73. The van der Waals surface area contributed by atoms with Gasteiger partial charge in [0.15, 0.2) is 0 Å². The van der Waals surface area contributed by atoms with Crippen molar-refractivity contribution in [3.05, 3.63) is 35.9 Å². The molecular weight excluding hydrogens is 256 g/mol. The van der Waals surface area contributed by atoms with Crippen molar-refractivity contribution >= 4 is 12.0 Å². The van der Waals surface area contributed by atoms with Crippen molar-refractivity contribution < 1.29 is 14.7 Å². The lowest BCUT2D eigenvalue weighted by Gasteiger charge is -2.13. The number of rotatable bonds is 8. The van der Waals surface area contributed by atoms with Gasteiger partial charge in [0.25, 0.3) is 0 Å². The Hall–Kier alpha value is -2.04. The van der Waals surface area contributed by atoms with E-state index in [9.17, 15) is 9.59 Å². The van der Waals surface area contributed by atoms with Crippen LogP contribution in [-0.4, -0.2) is 29.7 Å². The normalized spacial score (nSPS) is 11.7. The van der Waals surface area contributed by atoms with Gasteiger partial charge in [-0.15, -0.1) is 0 Å². The summed E-state index contributed by atoms with van der Waals surface area (Å²) >= 11 is 0. The van der Waals surface area contributed by atoms with Crippen molar-refractivity contribution in [1.29, 1.82) is 0 Å². The number of carboxylic acids is 1. The highest BCUT2D eigenvalue weighted by Gasteiger charge is 2.08. The van der Waals surface area contributed by atoms with E-state index < -0.39 is 5.97 Å². The first-order valence-corrected chi connectivity index (χ1v) is 6.88. The number of carbonyl (C=O) groups excluding carboxylic acids is 1. The number of amides is 2. The number of aryl methyl sites for hydroxylation is 1. The van der Waals surface area contributed by atoms with Crippen LogP contribution in [0.2, 0.25) is 0 Å². The number of aliphatic carboxylic acids is 1. The molecule has 2 amide bonds. The number of hydrogen-bond acceptors (Lipinski definition) is 2. The van der Waals surface area contributed by atoms with Crippen LogP contribution in [0.25, 0.3) is 0 Å². The minimum Gasteiger partial charge on any atom is -0.481 e. The highest BCUT2D eigenvalue weighted by atomic mass is 16.4. The van der Waals surface area contributed by atoms with E-state index in [4.69, 9.17) is 5.11 Å². The Morgan fingerprint density at radius 1 is 1.25 bits per heavy atom. The average molecular weight is 278 g/mol. The Morgan fingerprint density at radius 3 is 2.60 bits per heavy atom. The van der Waals surface area contributed by atoms with Crippen LogP contribution in [0.15, 0.2) is 30.3 Å². The fourth-order valence-corrected chi connectivity index (χ4v) is 1.83. The summed E-state index contributed by atoms with van der Waals surface area (Å²) in [7, 11) is 0. The first-order chi connectivity index (χ1) is 9.58. The molecule has 1 aromatic carbocycles. The van der Waals surface area contributed by atoms with E-state index >= 15 is 0 Å². The maximum absolute atomic E-state index is 11.5. The van der Waals surface area contributed by atoms with Crippen LogP contribution in [0.4, 0.5) is 4.79 Å². The smallest absolute Gasteiger partial charge is 0.314 e. The van der Waals surface area contributed by atoms with Crippen molar-refractivity contribution in [1.82, 2.24) is 10.6 Å². The van der Waals surface area contributed by atoms with Gasteiger partial charge in [0.2, 0.25) is 0 Å². The number of carboxylic acid groups (broad SMARTS) is 1. The second-order valence-corrected chi connectivity index (χ2v) is 4.82. The number of benzene rings is 1. The second kappa shape index (κ2) is 8.96. The van der Waals surface area contributed by atoms with Gasteiger partial charge in [-0.1, -0.05) is 30.3 Å². The van der Waals surface area contributed by atoms with Gasteiger partial charge in [-0.2, -0.15) is 0 Å². The Labute approximate surface area is 119 Å². The predicted molar refractivity (Wildman–Crippen MR) is 77.6 cm³/mol. The first-order valence-electron chi connectivity index (χ1n) is 6.88. The summed E-state index contributed by atoms with van der Waals surface area (Å²) in [5.41, 5.74) is 1.25. The van der Waals surface area contributed by atoms with Crippen LogP contribution in [-0.2, 0) is 11.2 Å². The topological polar surface area (TPSA) is 78.4 Å².